The molecule has 5 rings (SSSR count). The third kappa shape index (κ3) is 5.48. The van der Waals surface area contributed by atoms with Crippen molar-refractivity contribution in [3.63, 3.8) is 0 Å². The molecule has 2 fully saturated rings. The number of methoxy groups -OCH3 is 1. The molecule has 0 radical (unpaired) electrons. The molecule has 1 saturated carbocycles. The van der Waals surface area contributed by atoms with Gasteiger partial charge >= 0.3 is 0 Å². The normalized spacial score (nSPS) is 25.4. The number of nitrogens with zero attached hydrogens (tertiary/aromatic N) is 2. The molecule has 1 aliphatic carbocycles. The Balaban J connectivity index is 1.55. The van der Waals surface area contributed by atoms with Gasteiger partial charge in [0.05, 0.1) is 6.10 Å². The van der Waals surface area contributed by atoms with E-state index in [-0.39, 0.29) is 35.1 Å². The summed E-state index contributed by atoms with van der Waals surface area (Å²) in [7, 11) is 1.81. The van der Waals surface area contributed by atoms with Gasteiger partial charge < -0.3 is 14.7 Å². The van der Waals surface area contributed by atoms with Crippen molar-refractivity contribution in [3.05, 3.63) is 90.5 Å². The van der Waals surface area contributed by atoms with Crippen LogP contribution in [0.25, 0.3) is 10.8 Å². The highest BCUT2D eigenvalue weighted by molar-refractivity contribution is 5.98. The first-order valence-electron chi connectivity index (χ1n) is 14.3. The van der Waals surface area contributed by atoms with Gasteiger partial charge in [0, 0.05) is 49.7 Å². The van der Waals surface area contributed by atoms with Crippen molar-refractivity contribution in [3.8, 4) is 5.75 Å². The molecule has 2 aliphatic rings. The van der Waals surface area contributed by atoms with Crippen LogP contribution in [0.4, 0.5) is 0 Å². The summed E-state index contributed by atoms with van der Waals surface area (Å²) in [5.41, 5.74) is 1.69. The van der Waals surface area contributed by atoms with E-state index in [2.05, 4.69) is 54.5 Å². The molecule has 0 spiro atoms. The number of carbonyl (C=O) groups is 1. The molecule has 1 saturated heterocycles. The van der Waals surface area contributed by atoms with Gasteiger partial charge in [0.25, 0.3) is 5.91 Å². The minimum absolute atomic E-state index is 0.00206. The Morgan fingerprint density at radius 1 is 1.15 bits per heavy atom. The van der Waals surface area contributed by atoms with Crippen molar-refractivity contribution < 1.29 is 14.6 Å². The van der Waals surface area contributed by atoms with Crippen LogP contribution < -0.4 is 0 Å². The van der Waals surface area contributed by atoms with Crippen molar-refractivity contribution >= 4 is 16.7 Å². The molecule has 3 aromatic carbocycles. The van der Waals surface area contributed by atoms with Crippen LogP contribution in [0.5, 0.6) is 5.75 Å². The summed E-state index contributed by atoms with van der Waals surface area (Å²) in [6, 6.07) is 22.1. The predicted octanol–water partition coefficient (Wildman–Crippen LogP) is 6.27. The minimum Gasteiger partial charge on any atom is -0.508 e. The average molecular weight is 527 g/mol. The summed E-state index contributed by atoms with van der Waals surface area (Å²) in [5.74, 6) is 0.963. The third-order valence-corrected chi connectivity index (χ3v) is 8.96. The van der Waals surface area contributed by atoms with Crippen LogP contribution in [-0.4, -0.2) is 66.2 Å². The second kappa shape index (κ2) is 11.5. The number of hydrogen-bond acceptors (Lipinski definition) is 4. The second-order valence-electron chi connectivity index (χ2n) is 11.9. The van der Waals surface area contributed by atoms with Crippen LogP contribution >= 0.6 is 0 Å². The number of piperidine rings is 1. The molecule has 39 heavy (non-hydrogen) atoms. The van der Waals surface area contributed by atoms with Crippen LogP contribution in [-0.2, 0) is 10.2 Å². The van der Waals surface area contributed by atoms with Crippen molar-refractivity contribution in [1.82, 2.24) is 9.80 Å². The molecule has 1 aliphatic heterocycles. The van der Waals surface area contributed by atoms with Crippen molar-refractivity contribution in [2.75, 3.05) is 33.3 Å². The van der Waals surface area contributed by atoms with E-state index < -0.39 is 0 Å². The zero-order valence-electron chi connectivity index (χ0n) is 23.6. The van der Waals surface area contributed by atoms with Gasteiger partial charge in [-0.15, -0.1) is 6.58 Å². The van der Waals surface area contributed by atoms with Gasteiger partial charge in [0.1, 0.15) is 5.75 Å². The van der Waals surface area contributed by atoms with Gasteiger partial charge in [0.2, 0.25) is 0 Å². The molecule has 3 aromatic rings. The summed E-state index contributed by atoms with van der Waals surface area (Å²) in [5, 5.41) is 12.7. The summed E-state index contributed by atoms with van der Waals surface area (Å²) in [6.07, 6.45) is 4.58. The molecule has 5 nitrogen and oxygen atoms in total. The van der Waals surface area contributed by atoms with E-state index in [1.54, 1.807) is 6.07 Å². The number of likely N-dealkylation sites (tertiary alicyclic amines) is 1. The van der Waals surface area contributed by atoms with Crippen LogP contribution in [0.15, 0.2) is 79.4 Å². The molecular weight excluding hydrogens is 484 g/mol. The van der Waals surface area contributed by atoms with E-state index in [1.165, 1.54) is 0 Å². The van der Waals surface area contributed by atoms with Crippen molar-refractivity contribution in [2.45, 2.75) is 50.7 Å². The van der Waals surface area contributed by atoms with E-state index in [4.69, 9.17) is 4.74 Å². The number of amides is 1. The van der Waals surface area contributed by atoms with Crippen LogP contribution in [0.3, 0.4) is 0 Å². The topological polar surface area (TPSA) is 53.0 Å². The molecular formula is C34H42N2O3. The number of phenols is 1. The molecule has 206 valence electrons. The Hall–Kier alpha value is -3.15. The van der Waals surface area contributed by atoms with Gasteiger partial charge in [-0.3, -0.25) is 9.69 Å². The minimum atomic E-state index is -0.196. The number of ether oxygens (including phenoxy) is 1. The first-order chi connectivity index (χ1) is 18.8. The zero-order valence-corrected chi connectivity index (χ0v) is 23.6. The molecule has 0 aromatic heterocycles. The number of fused-ring (bicyclic) bond motifs is 2. The number of carbonyl (C=O) groups excluding carboxylic acids is 1. The van der Waals surface area contributed by atoms with Gasteiger partial charge in [0.15, 0.2) is 0 Å². The summed E-state index contributed by atoms with van der Waals surface area (Å²) in [4.78, 5) is 18.8. The van der Waals surface area contributed by atoms with Crippen molar-refractivity contribution in [2.24, 2.45) is 11.8 Å². The van der Waals surface area contributed by atoms with Crippen LogP contribution in [0.2, 0.25) is 0 Å². The Kier molecular flexibility index (Phi) is 8.11. The number of rotatable bonds is 8. The van der Waals surface area contributed by atoms with Gasteiger partial charge in [-0.2, -0.15) is 0 Å². The summed E-state index contributed by atoms with van der Waals surface area (Å²) >= 11 is 0. The fraction of sp³-hybridized carbons (Fsp3) is 0.441. The smallest absolute Gasteiger partial charge is 0.254 e. The quantitative estimate of drug-likeness (QED) is 0.352. The number of phenolic OH excluding ortho intramolecular Hbond substituents is 1. The highest BCUT2D eigenvalue weighted by atomic mass is 16.5. The molecule has 5 heteroatoms. The Morgan fingerprint density at radius 2 is 1.95 bits per heavy atom. The van der Waals surface area contributed by atoms with Gasteiger partial charge in [-0.05, 0) is 72.3 Å². The van der Waals surface area contributed by atoms with E-state index in [0.717, 1.165) is 60.8 Å². The lowest BCUT2D eigenvalue weighted by Gasteiger charge is -2.57. The van der Waals surface area contributed by atoms with Crippen LogP contribution in [0.1, 0.15) is 49.0 Å². The summed E-state index contributed by atoms with van der Waals surface area (Å²) in [6.45, 7) is 11.7. The van der Waals surface area contributed by atoms with Gasteiger partial charge in [-0.25, -0.2) is 0 Å². The second-order valence-corrected chi connectivity index (χ2v) is 11.9. The molecule has 1 unspecified atom stereocenters. The average Bonchev–Trinajstić information content (AvgIpc) is 2.95. The van der Waals surface area contributed by atoms with Crippen molar-refractivity contribution in [1.29, 1.82) is 0 Å². The SMILES string of the molecule is C=CCN1CC[C@@]2(c3cccc(O)c3)C[C@H](N(CC(C)C)C(=O)c3ccc4ccccc4c3)CC(OC)[C@@H]2C1. The molecule has 1 heterocycles. The maximum absolute atomic E-state index is 14.2. The fourth-order valence-electron chi connectivity index (χ4n) is 7.17. The first-order valence-corrected chi connectivity index (χ1v) is 14.3. The monoisotopic (exact) mass is 526 g/mol. The Bertz CT molecular complexity index is 1320. The van der Waals surface area contributed by atoms with E-state index in [1.807, 2.05) is 49.6 Å². The zero-order chi connectivity index (χ0) is 27.6. The lowest BCUT2D eigenvalue weighted by molar-refractivity contribution is -0.0804. The maximum Gasteiger partial charge on any atom is 0.254 e. The number of hydrogen-bond donors (Lipinski definition) is 1. The Morgan fingerprint density at radius 3 is 2.67 bits per heavy atom. The Labute approximate surface area is 233 Å². The van der Waals surface area contributed by atoms with Crippen LogP contribution in [0, 0.1) is 11.8 Å². The molecule has 1 N–H and O–H groups in total. The number of aromatic hydroxyl groups is 1. The first kappa shape index (κ1) is 27.4. The standard InChI is InChI=1S/C34H42N2O3/c1-5-16-35-17-15-34(28-11-8-12-30(37)19-28)21-29(20-32(39-4)31(34)23-35)36(22-24(2)3)33(38)27-14-13-25-9-6-7-10-26(25)18-27/h5-14,18-19,24,29,31-32,37H,1,15-17,20-23H2,2-4H3/t29-,31+,32?,34+/m1/s1. The maximum atomic E-state index is 14.2. The highest BCUT2D eigenvalue weighted by Gasteiger charge is 2.53. The summed E-state index contributed by atoms with van der Waals surface area (Å²) < 4.78 is 6.24. The highest BCUT2D eigenvalue weighted by Crippen LogP contribution is 2.51. The van der Waals surface area contributed by atoms with E-state index in [0.29, 0.717) is 12.5 Å². The largest absolute Gasteiger partial charge is 0.508 e. The number of benzene rings is 3. The molecule has 0 bridgehead atoms. The van der Waals surface area contributed by atoms with E-state index >= 15 is 0 Å². The lowest BCUT2D eigenvalue weighted by Crippen LogP contribution is -2.62. The molecule has 1 amide bonds. The van der Waals surface area contributed by atoms with E-state index in [9.17, 15) is 9.90 Å². The predicted molar refractivity (Wildman–Crippen MR) is 158 cm³/mol. The fourth-order valence-corrected chi connectivity index (χ4v) is 7.17. The lowest BCUT2D eigenvalue weighted by atomic mass is 9.56. The molecule has 4 atom stereocenters. The van der Waals surface area contributed by atoms with Gasteiger partial charge in [-0.1, -0.05) is 62.4 Å². The third-order valence-electron chi connectivity index (χ3n) is 8.96.